The molecule has 7 nitrogen and oxygen atoms in total. The molecule has 0 aliphatic carbocycles. The van der Waals surface area contributed by atoms with E-state index in [0.29, 0.717) is 32.1 Å². The number of carbonyl (C=O) groups is 1. The van der Waals surface area contributed by atoms with Crippen molar-refractivity contribution in [3.63, 3.8) is 0 Å². The Labute approximate surface area is 194 Å². The summed E-state index contributed by atoms with van der Waals surface area (Å²) in [6, 6.07) is 14.1. The van der Waals surface area contributed by atoms with E-state index in [4.69, 9.17) is 14.2 Å². The number of aromatic nitrogens is 1. The van der Waals surface area contributed by atoms with Gasteiger partial charge in [0, 0.05) is 0 Å². The number of rotatable bonds is 6. The molecule has 0 bridgehead atoms. The number of esters is 1. The fourth-order valence-electron chi connectivity index (χ4n) is 3.78. The zero-order valence-electron chi connectivity index (χ0n) is 18.8. The highest BCUT2D eigenvalue weighted by atomic mass is 32.1. The molecule has 170 valence electrons. The van der Waals surface area contributed by atoms with Crippen LogP contribution in [0.25, 0.3) is 6.08 Å². The van der Waals surface area contributed by atoms with Gasteiger partial charge in [0.25, 0.3) is 5.56 Å². The van der Waals surface area contributed by atoms with Crippen LogP contribution in [0, 0.1) is 0 Å². The van der Waals surface area contributed by atoms with E-state index >= 15 is 0 Å². The quantitative estimate of drug-likeness (QED) is 0.524. The molecule has 3 aromatic rings. The van der Waals surface area contributed by atoms with Gasteiger partial charge in [-0.3, -0.25) is 9.36 Å². The van der Waals surface area contributed by atoms with E-state index in [1.165, 1.54) is 11.3 Å². The molecule has 4 rings (SSSR count). The molecule has 0 spiro atoms. The summed E-state index contributed by atoms with van der Waals surface area (Å²) in [6.45, 7) is 3.74. The van der Waals surface area contributed by atoms with Gasteiger partial charge in [0.1, 0.15) is 11.5 Å². The smallest absolute Gasteiger partial charge is 0.338 e. The van der Waals surface area contributed by atoms with Crippen LogP contribution in [0.1, 0.15) is 31.0 Å². The standard InChI is InChI=1S/C25H24N2O5S/c1-5-32-24(29)21-15(2)26-25-27(22(21)17-9-11-18(30-3)12-10-17)23(28)20(33-25)14-16-7-6-8-19(13-16)31-4/h6-14,22H,5H2,1-4H3/b20-14+/t22-/m1/s1. The summed E-state index contributed by atoms with van der Waals surface area (Å²) in [5.74, 6) is 0.900. The number of carbonyl (C=O) groups excluding carboxylic acids is 1. The van der Waals surface area contributed by atoms with Crippen LogP contribution in [0.2, 0.25) is 0 Å². The van der Waals surface area contributed by atoms with Gasteiger partial charge in [-0.2, -0.15) is 0 Å². The predicted octanol–water partition coefficient (Wildman–Crippen LogP) is 2.82. The van der Waals surface area contributed by atoms with Crippen LogP contribution in [-0.4, -0.2) is 31.4 Å². The van der Waals surface area contributed by atoms with E-state index in [0.717, 1.165) is 11.1 Å². The first-order chi connectivity index (χ1) is 16.0. The van der Waals surface area contributed by atoms with Gasteiger partial charge in [-0.1, -0.05) is 35.6 Å². The molecule has 0 fully saturated rings. The van der Waals surface area contributed by atoms with Crippen molar-refractivity contribution in [1.29, 1.82) is 0 Å². The molecule has 33 heavy (non-hydrogen) atoms. The zero-order valence-corrected chi connectivity index (χ0v) is 19.6. The van der Waals surface area contributed by atoms with Crippen LogP contribution in [0.5, 0.6) is 11.5 Å². The molecule has 2 aromatic carbocycles. The maximum atomic E-state index is 13.6. The lowest BCUT2D eigenvalue weighted by molar-refractivity contribution is -0.139. The number of nitrogens with zero attached hydrogens (tertiary/aromatic N) is 2. The number of benzene rings is 2. The fraction of sp³-hybridized carbons (Fsp3) is 0.240. The first kappa shape index (κ1) is 22.5. The zero-order chi connectivity index (χ0) is 23.5. The lowest BCUT2D eigenvalue weighted by Crippen LogP contribution is -2.39. The summed E-state index contributed by atoms with van der Waals surface area (Å²) in [5.41, 5.74) is 2.26. The Morgan fingerprint density at radius 2 is 1.85 bits per heavy atom. The molecule has 2 heterocycles. The Hall–Kier alpha value is -3.65. The third-order valence-electron chi connectivity index (χ3n) is 5.34. The van der Waals surface area contributed by atoms with Crippen molar-refractivity contribution in [2.45, 2.75) is 19.9 Å². The summed E-state index contributed by atoms with van der Waals surface area (Å²) in [6.07, 6.45) is 1.81. The number of hydrogen-bond donors (Lipinski definition) is 0. The van der Waals surface area contributed by atoms with Crippen molar-refractivity contribution in [2.24, 2.45) is 4.99 Å². The monoisotopic (exact) mass is 464 g/mol. The summed E-state index contributed by atoms with van der Waals surface area (Å²) < 4.78 is 18.0. The topological polar surface area (TPSA) is 79.1 Å². The van der Waals surface area contributed by atoms with Crippen molar-refractivity contribution >= 4 is 23.4 Å². The van der Waals surface area contributed by atoms with Crippen LogP contribution in [-0.2, 0) is 9.53 Å². The van der Waals surface area contributed by atoms with Crippen molar-refractivity contribution in [3.8, 4) is 11.5 Å². The van der Waals surface area contributed by atoms with Gasteiger partial charge < -0.3 is 14.2 Å². The van der Waals surface area contributed by atoms with E-state index in [-0.39, 0.29) is 12.2 Å². The third kappa shape index (κ3) is 4.34. The Morgan fingerprint density at radius 3 is 2.52 bits per heavy atom. The average molecular weight is 465 g/mol. The van der Waals surface area contributed by atoms with Gasteiger partial charge >= 0.3 is 5.97 Å². The van der Waals surface area contributed by atoms with E-state index < -0.39 is 12.0 Å². The second-order valence-corrected chi connectivity index (χ2v) is 8.36. The van der Waals surface area contributed by atoms with Gasteiger partial charge in [0.05, 0.1) is 42.7 Å². The molecule has 1 aromatic heterocycles. The second kappa shape index (κ2) is 9.46. The van der Waals surface area contributed by atoms with Crippen LogP contribution < -0.4 is 24.4 Å². The Balaban J connectivity index is 1.93. The normalized spacial score (nSPS) is 15.6. The van der Waals surface area contributed by atoms with Gasteiger partial charge in [0.2, 0.25) is 0 Å². The molecule has 0 amide bonds. The molecule has 8 heteroatoms. The summed E-state index contributed by atoms with van der Waals surface area (Å²) in [4.78, 5) is 31.6. The molecule has 1 aliphatic heterocycles. The number of ether oxygens (including phenoxy) is 3. The molecule has 1 aliphatic rings. The first-order valence-corrected chi connectivity index (χ1v) is 11.3. The maximum Gasteiger partial charge on any atom is 0.338 e. The maximum absolute atomic E-state index is 13.6. The molecular formula is C25H24N2O5S. The largest absolute Gasteiger partial charge is 0.497 e. The lowest BCUT2D eigenvalue weighted by atomic mass is 9.96. The van der Waals surface area contributed by atoms with Crippen LogP contribution in [0.4, 0.5) is 0 Å². The van der Waals surface area contributed by atoms with E-state index in [2.05, 4.69) is 4.99 Å². The minimum absolute atomic E-state index is 0.225. The molecule has 1 atom stereocenters. The molecule has 0 saturated heterocycles. The minimum Gasteiger partial charge on any atom is -0.497 e. The van der Waals surface area contributed by atoms with Crippen LogP contribution in [0.15, 0.2) is 69.6 Å². The summed E-state index contributed by atoms with van der Waals surface area (Å²) >= 11 is 1.28. The Kier molecular flexibility index (Phi) is 6.46. The van der Waals surface area contributed by atoms with Crippen molar-refractivity contribution in [2.75, 3.05) is 20.8 Å². The molecular weight excluding hydrogens is 440 g/mol. The highest BCUT2D eigenvalue weighted by molar-refractivity contribution is 7.07. The number of thiazole rings is 1. The van der Waals surface area contributed by atoms with Crippen molar-refractivity contribution in [3.05, 3.63) is 90.6 Å². The van der Waals surface area contributed by atoms with Gasteiger partial charge in [-0.05, 0) is 55.3 Å². The molecule has 0 N–H and O–H groups in total. The second-order valence-electron chi connectivity index (χ2n) is 7.35. The van der Waals surface area contributed by atoms with Gasteiger partial charge in [-0.15, -0.1) is 0 Å². The summed E-state index contributed by atoms with van der Waals surface area (Å²) in [7, 11) is 3.19. The lowest BCUT2D eigenvalue weighted by Gasteiger charge is -2.24. The number of methoxy groups -OCH3 is 2. The molecule has 0 saturated carbocycles. The van der Waals surface area contributed by atoms with Crippen molar-refractivity contribution in [1.82, 2.24) is 4.57 Å². The Bertz CT molecular complexity index is 1400. The highest BCUT2D eigenvalue weighted by Crippen LogP contribution is 2.31. The number of fused-ring (bicyclic) bond motifs is 1. The predicted molar refractivity (Wildman–Crippen MR) is 126 cm³/mol. The van der Waals surface area contributed by atoms with Crippen LogP contribution in [0.3, 0.4) is 0 Å². The summed E-state index contributed by atoms with van der Waals surface area (Å²) in [5, 5.41) is 0. The minimum atomic E-state index is -0.654. The SMILES string of the molecule is CCOC(=O)C1=C(C)N=c2s/c(=C/c3cccc(OC)c3)c(=O)n2[C@@H]1c1ccc(OC)cc1. The van der Waals surface area contributed by atoms with E-state index in [1.807, 2.05) is 36.4 Å². The van der Waals surface area contributed by atoms with E-state index in [9.17, 15) is 9.59 Å². The highest BCUT2D eigenvalue weighted by Gasteiger charge is 2.33. The third-order valence-corrected chi connectivity index (χ3v) is 6.32. The first-order valence-electron chi connectivity index (χ1n) is 10.4. The number of allylic oxidation sites excluding steroid dienone is 1. The molecule has 0 radical (unpaired) electrons. The number of hydrogen-bond acceptors (Lipinski definition) is 7. The molecule has 0 unspecified atom stereocenters. The van der Waals surface area contributed by atoms with Gasteiger partial charge in [0.15, 0.2) is 4.80 Å². The van der Waals surface area contributed by atoms with E-state index in [1.54, 1.807) is 50.8 Å². The fourth-order valence-corrected chi connectivity index (χ4v) is 4.82. The van der Waals surface area contributed by atoms with Crippen molar-refractivity contribution < 1.29 is 19.0 Å². The Morgan fingerprint density at radius 1 is 1.12 bits per heavy atom. The average Bonchev–Trinajstić information content (AvgIpc) is 3.12. The van der Waals surface area contributed by atoms with Crippen LogP contribution >= 0.6 is 11.3 Å². The van der Waals surface area contributed by atoms with Gasteiger partial charge in [-0.25, -0.2) is 9.79 Å².